The number of likely N-dealkylation sites (tertiary alicyclic amines) is 1. The monoisotopic (exact) mass is 372 g/mol. The van der Waals surface area contributed by atoms with E-state index in [4.69, 9.17) is 11.6 Å². The number of carbonyl (C=O) groups excluding carboxylic acids is 2. The molecule has 1 aliphatic heterocycles. The molecule has 7 heteroatoms. The molecule has 6 nitrogen and oxygen atoms in total. The normalized spacial score (nSPS) is 16.6. The highest BCUT2D eigenvalue weighted by Gasteiger charge is 2.28. The Morgan fingerprint density at radius 2 is 2.04 bits per heavy atom. The Morgan fingerprint density at radius 3 is 2.69 bits per heavy atom. The Morgan fingerprint density at radius 1 is 1.31 bits per heavy atom. The number of aromatic nitrogens is 2. The van der Waals surface area contributed by atoms with E-state index in [0.29, 0.717) is 40.8 Å². The zero-order valence-electron chi connectivity index (χ0n) is 14.8. The van der Waals surface area contributed by atoms with E-state index in [-0.39, 0.29) is 17.7 Å². The molecular weight excluding hydrogens is 352 g/mol. The Balaban J connectivity index is 1.70. The van der Waals surface area contributed by atoms with Gasteiger partial charge in [0, 0.05) is 42.3 Å². The lowest BCUT2D eigenvalue weighted by molar-refractivity contribution is -0.129. The number of anilines is 1. The van der Waals surface area contributed by atoms with Gasteiger partial charge in [-0.1, -0.05) is 18.5 Å². The third-order valence-electron chi connectivity index (χ3n) is 4.55. The van der Waals surface area contributed by atoms with Crippen LogP contribution in [0, 0.1) is 6.92 Å². The van der Waals surface area contributed by atoms with E-state index >= 15 is 0 Å². The van der Waals surface area contributed by atoms with Crippen molar-refractivity contribution in [1.82, 2.24) is 14.9 Å². The highest BCUT2D eigenvalue weighted by Crippen LogP contribution is 2.25. The number of nitrogens with one attached hydrogen (secondary N) is 1. The lowest BCUT2D eigenvalue weighted by atomic mass is 10.1. The van der Waals surface area contributed by atoms with Crippen LogP contribution in [0.25, 0.3) is 0 Å². The SMILES string of the molecule is CCC(=O)N1CC[C@@H](c2ncc(C(=O)Nc3ccc(Cl)cc3)c(C)n2)C1. The summed E-state index contributed by atoms with van der Waals surface area (Å²) in [5, 5.41) is 3.42. The van der Waals surface area contributed by atoms with Crippen LogP contribution in [0.1, 0.15) is 47.6 Å². The quantitative estimate of drug-likeness (QED) is 0.892. The summed E-state index contributed by atoms with van der Waals surface area (Å²) in [5.74, 6) is 0.711. The number of nitrogens with zero attached hydrogens (tertiary/aromatic N) is 3. The second-order valence-electron chi connectivity index (χ2n) is 6.37. The van der Waals surface area contributed by atoms with Crippen molar-refractivity contribution in [1.29, 1.82) is 0 Å². The summed E-state index contributed by atoms with van der Waals surface area (Å²) in [6.45, 7) is 5.04. The van der Waals surface area contributed by atoms with Crippen LogP contribution in [-0.2, 0) is 4.79 Å². The smallest absolute Gasteiger partial charge is 0.259 e. The number of halogens is 1. The van der Waals surface area contributed by atoms with Gasteiger partial charge < -0.3 is 10.2 Å². The van der Waals surface area contributed by atoms with E-state index in [1.807, 2.05) is 11.8 Å². The van der Waals surface area contributed by atoms with E-state index in [2.05, 4.69) is 15.3 Å². The summed E-state index contributed by atoms with van der Waals surface area (Å²) < 4.78 is 0. The molecule has 1 aromatic carbocycles. The van der Waals surface area contributed by atoms with Gasteiger partial charge >= 0.3 is 0 Å². The topological polar surface area (TPSA) is 75.2 Å². The number of benzene rings is 1. The van der Waals surface area contributed by atoms with E-state index in [9.17, 15) is 9.59 Å². The molecule has 0 radical (unpaired) electrons. The molecule has 2 amide bonds. The van der Waals surface area contributed by atoms with Gasteiger partial charge in [-0.3, -0.25) is 9.59 Å². The molecule has 0 spiro atoms. The van der Waals surface area contributed by atoms with Crippen LogP contribution in [0.4, 0.5) is 5.69 Å². The molecule has 136 valence electrons. The molecule has 1 N–H and O–H groups in total. The maximum Gasteiger partial charge on any atom is 0.259 e. The molecule has 2 heterocycles. The fourth-order valence-corrected chi connectivity index (χ4v) is 3.18. The van der Waals surface area contributed by atoms with Crippen molar-refractivity contribution in [2.75, 3.05) is 18.4 Å². The first kappa shape index (κ1) is 18.3. The van der Waals surface area contributed by atoms with Crippen molar-refractivity contribution in [2.45, 2.75) is 32.6 Å². The minimum absolute atomic E-state index is 0.123. The molecule has 1 atom stereocenters. The first-order chi connectivity index (χ1) is 12.5. The van der Waals surface area contributed by atoms with Crippen LogP contribution in [0.3, 0.4) is 0 Å². The maximum absolute atomic E-state index is 12.5. The fourth-order valence-electron chi connectivity index (χ4n) is 3.06. The number of rotatable bonds is 4. The van der Waals surface area contributed by atoms with Gasteiger partial charge in [0.1, 0.15) is 5.82 Å². The number of hydrogen-bond acceptors (Lipinski definition) is 4. The number of hydrogen-bond donors (Lipinski definition) is 1. The van der Waals surface area contributed by atoms with Crippen LogP contribution in [0.2, 0.25) is 5.02 Å². The second kappa shape index (κ2) is 7.83. The number of aryl methyl sites for hydroxylation is 1. The molecule has 3 rings (SSSR count). The van der Waals surface area contributed by atoms with Crippen molar-refractivity contribution in [3.05, 3.63) is 52.6 Å². The standard InChI is InChI=1S/C19H21ClN4O2/c1-3-17(25)24-9-8-13(11-24)18-21-10-16(12(2)22-18)19(26)23-15-6-4-14(20)5-7-15/h4-7,10,13H,3,8-9,11H2,1-2H3,(H,23,26)/t13-/m1/s1. The number of amides is 2. The van der Waals surface area contributed by atoms with Crippen molar-refractivity contribution in [2.24, 2.45) is 0 Å². The average Bonchev–Trinajstić information content (AvgIpc) is 3.13. The predicted octanol–water partition coefficient (Wildman–Crippen LogP) is 3.42. The summed E-state index contributed by atoms with van der Waals surface area (Å²) in [4.78, 5) is 35.0. The van der Waals surface area contributed by atoms with Gasteiger partial charge in [0.2, 0.25) is 5.91 Å². The molecule has 26 heavy (non-hydrogen) atoms. The van der Waals surface area contributed by atoms with Crippen molar-refractivity contribution in [3.8, 4) is 0 Å². The summed E-state index contributed by atoms with van der Waals surface area (Å²) >= 11 is 5.85. The van der Waals surface area contributed by atoms with E-state index in [0.717, 1.165) is 13.0 Å². The van der Waals surface area contributed by atoms with Gasteiger partial charge in [-0.2, -0.15) is 0 Å². The van der Waals surface area contributed by atoms with Crippen LogP contribution in [0.5, 0.6) is 0 Å². The van der Waals surface area contributed by atoms with Gasteiger partial charge in [0.15, 0.2) is 0 Å². The summed E-state index contributed by atoms with van der Waals surface area (Å²) in [7, 11) is 0. The van der Waals surface area contributed by atoms with Gasteiger partial charge in [0.25, 0.3) is 5.91 Å². The van der Waals surface area contributed by atoms with Gasteiger partial charge in [-0.15, -0.1) is 0 Å². The Bertz CT molecular complexity index is 823. The molecule has 2 aromatic rings. The van der Waals surface area contributed by atoms with Gasteiger partial charge in [0.05, 0.1) is 11.3 Å². The minimum atomic E-state index is -0.259. The molecule has 1 saturated heterocycles. The molecule has 0 bridgehead atoms. The van der Waals surface area contributed by atoms with Crippen LogP contribution in [0.15, 0.2) is 30.5 Å². The summed E-state index contributed by atoms with van der Waals surface area (Å²) in [6.07, 6.45) is 2.92. The van der Waals surface area contributed by atoms with Crippen molar-refractivity contribution in [3.63, 3.8) is 0 Å². The second-order valence-corrected chi connectivity index (χ2v) is 6.80. The molecular formula is C19H21ClN4O2. The third-order valence-corrected chi connectivity index (χ3v) is 4.81. The predicted molar refractivity (Wildman–Crippen MR) is 100 cm³/mol. The number of carbonyl (C=O) groups is 2. The Labute approximate surface area is 157 Å². The van der Waals surface area contributed by atoms with Crippen LogP contribution >= 0.6 is 11.6 Å². The third kappa shape index (κ3) is 4.02. The lowest BCUT2D eigenvalue weighted by Crippen LogP contribution is -2.27. The average molecular weight is 373 g/mol. The molecule has 1 aromatic heterocycles. The first-order valence-corrected chi connectivity index (χ1v) is 9.04. The first-order valence-electron chi connectivity index (χ1n) is 8.66. The van der Waals surface area contributed by atoms with E-state index < -0.39 is 0 Å². The van der Waals surface area contributed by atoms with Crippen molar-refractivity contribution < 1.29 is 9.59 Å². The van der Waals surface area contributed by atoms with E-state index in [1.165, 1.54) is 0 Å². The maximum atomic E-state index is 12.5. The molecule has 0 aliphatic carbocycles. The highest BCUT2D eigenvalue weighted by molar-refractivity contribution is 6.30. The Kier molecular flexibility index (Phi) is 5.52. The van der Waals surface area contributed by atoms with Crippen LogP contribution in [-0.4, -0.2) is 39.8 Å². The molecule has 1 fully saturated rings. The van der Waals surface area contributed by atoms with Crippen molar-refractivity contribution >= 4 is 29.1 Å². The largest absolute Gasteiger partial charge is 0.342 e. The van der Waals surface area contributed by atoms with Gasteiger partial charge in [-0.25, -0.2) is 9.97 Å². The zero-order valence-corrected chi connectivity index (χ0v) is 15.6. The zero-order chi connectivity index (χ0) is 18.7. The summed E-state index contributed by atoms with van der Waals surface area (Å²) in [5.41, 5.74) is 1.72. The highest BCUT2D eigenvalue weighted by atomic mass is 35.5. The fraction of sp³-hybridized carbons (Fsp3) is 0.368. The van der Waals surface area contributed by atoms with Gasteiger partial charge in [-0.05, 0) is 37.6 Å². The summed E-state index contributed by atoms with van der Waals surface area (Å²) in [6, 6.07) is 6.91. The van der Waals surface area contributed by atoms with Crippen LogP contribution < -0.4 is 5.32 Å². The lowest BCUT2D eigenvalue weighted by Gasteiger charge is -2.15. The molecule has 0 saturated carbocycles. The van der Waals surface area contributed by atoms with E-state index in [1.54, 1.807) is 37.4 Å². The molecule has 1 aliphatic rings. The minimum Gasteiger partial charge on any atom is -0.342 e. The molecule has 0 unspecified atom stereocenters. The Hall–Kier alpha value is -2.47.